The van der Waals surface area contributed by atoms with Crippen LogP contribution in [-0.4, -0.2) is 44.4 Å². The number of likely N-dealkylation sites (tertiary alicyclic amines) is 1. The number of carbonyl (C=O) groups is 1. The number of benzene rings is 1. The molecule has 1 aliphatic heterocycles. The second kappa shape index (κ2) is 7.22. The van der Waals surface area contributed by atoms with Crippen molar-refractivity contribution in [1.82, 2.24) is 24.8 Å². The molecule has 27 heavy (non-hydrogen) atoms. The fraction of sp³-hybridized carbons (Fsp3) is 0.368. The molecule has 8 nitrogen and oxygen atoms in total. The first-order valence-corrected chi connectivity index (χ1v) is 9.02. The topological polar surface area (TPSA) is 86.3 Å². The van der Waals surface area contributed by atoms with E-state index in [1.807, 2.05) is 37.4 Å². The molecule has 1 aromatic carbocycles. The monoisotopic (exact) mass is 367 g/mol. The lowest BCUT2D eigenvalue weighted by atomic mass is 10.2. The number of hydrogen-bond donors (Lipinski definition) is 0. The summed E-state index contributed by atoms with van der Waals surface area (Å²) in [6, 6.07) is 9.01. The number of carbonyl (C=O) groups excluding carboxylic acids is 1. The number of para-hydroxylation sites is 1. The van der Waals surface area contributed by atoms with Gasteiger partial charge in [0.1, 0.15) is 17.5 Å². The maximum absolute atomic E-state index is 12.9. The summed E-state index contributed by atoms with van der Waals surface area (Å²) in [4.78, 5) is 19.2. The summed E-state index contributed by atoms with van der Waals surface area (Å²) in [6.45, 7) is 3.36. The third kappa shape index (κ3) is 3.18. The normalized spacial score (nSPS) is 16.7. The average molecular weight is 367 g/mol. The van der Waals surface area contributed by atoms with Crippen LogP contribution in [0.2, 0.25) is 0 Å². The van der Waals surface area contributed by atoms with E-state index in [1.165, 1.54) is 0 Å². The minimum Gasteiger partial charge on any atom is -0.496 e. The quantitative estimate of drug-likeness (QED) is 0.689. The van der Waals surface area contributed by atoms with Crippen LogP contribution in [-0.2, 0) is 6.54 Å². The van der Waals surface area contributed by atoms with Crippen LogP contribution in [0.5, 0.6) is 5.75 Å². The van der Waals surface area contributed by atoms with Crippen LogP contribution in [0.1, 0.15) is 42.2 Å². The van der Waals surface area contributed by atoms with Crippen LogP contribution in [0, 0.1) is 0 Å². The predicted octanol–water partition coefficient (Wildman–Crippen LogP) is 2.94. The number of methoxy groups -OCH3 is 1. The van der Waals surface area contributed by atoms with Gasteiger partial charge in [0.05, 0.1) is 12.7 Å². The number of hydrogen-bond acceptors (Lipinski definition) is 6. The Kier molecular flexibility index (Phi) is 4.62. The van der Waals surface area contributed by atoms with E-state index in [1.54, 1.807) is 22.8 Å². The van der Waals surface area contributed by atoms with Crippen molar-refractivity contribution in [2.24, 2.45) is 0 Å². The molecule has 1 atom stereocenters. The van der Waals surface area contributed by atoms with Gasteiger partial charge in [-0.25, -0.2) is 0 Å². The van der Waals surface area contributed by atoms with E-state index in [2.05, 4.69) is 15.2 Å². The van der Waals surface area contributed by atoms with Gasteiger partial charge in [0, 0.05) is 19.3 Å². The molecule has 1 amide bonds. The maximum Gasteiger partial charge on any atom is 0.275 e. The van der Waals surface area contributed by atoms with Gasteiger partial charge in [-0.3, -0.25) is 9.48 Å². The molecule has 1 aliphatic rings. The molecule has 1 saturated heterocycles. The predicted molar refractivity (Wildman–Crippen MR) is 97.2 cm³/mol. The average Bonchev–Trinajstić information content (AvgIpc) is 3.47. The Morgan fingerprint density at radius 3 is 2.96 bits per heavy atom. The molecule has 0 spiro atoms. The van der Waals surface area contributed by atoms with Crippen molar-refractivity contribution in [2.45, 2.75) is 32.4 Å². The van der Waals surface area contributed by atoms with Crippen molar-refractivity contribution in [3.8, 4) is 17.1 Å². The van der Waals surface area contributed by atoms with E-state index in [0.717, 1.165) is 24.9 Å². The van der Waals surface area contributed by atoms with Gasteiger partial charge in [-0.2, -0.15) is 10.1 Å². The molecule has 0 bridgehead atoms. The summed E-state index contributed by atoms with van der Waals surface area (Å²) in [6.07, 6.45) is 3.48. The third-order valence-corrected chi connectivity index (χ3v) is 4.77. The van der Waals surface area contributed by atoms with Gasteiger partial charge < -0.3 is 14.2 Å². The van der Waals surface area contributed by atoms with E-state index < -0.39 is 0 Å². The summed E-state index contributed by atoms with van der Waals surface area (Å²) in [5.74, 6) is 1.46. The highest BCUT2D eigenvalue weighted by atomic mass is 16.5. The zero-order chi connectivity index (χ0) is 18.8. The zero-order valence-electron chi connectivity index (χ0n) is 15.3. The Hall–Kier alpha value is -3.16. The van der Waals surface area contributed by atoms with E-state index in [4.69, 9.17) is 9.26 Å². The summed E-state index contributed by atoms with van der Waals surface area (Å²) in [5.41, 5.74) is 1.20. The standard InChI is InChI=1S/C19H21N5O3/c1-3-23-12-10-14(21-23)19(25)24-11-6-8-15(24)18-20-17(22-27-18)13-7-4-5-9-16(13)26-2/h4-5,7,9-10,12,15H,3,6,8,11H2,1-2H3/t15-/m0/s1. The maximum atomic E-state index is 12.9. The largest absolute Gasteiger partial charge is 0.496 e. The highest BCUT2D eigenvalue weighted by molar-refractivity contribution is 5.92. The van der Waals surface area contributed by atoms with Gasteiger partial charge in [-0.1, -0.05) is 17.3 Å². The summed E-state index contributed by atoms with van der Waals surface area (Å²) in [7, 11) is 1.60. The Labute approximate surface area is 156 Å². The van der Waals surface area contributed by atoms with Crippen molar-refractivity contribution in [3.63, 3.8) is 0 Å². The second-order valence-electron chi connectivity index (χ2n) is 6.37. The van der Waals surface area contributed by atoms with Crippen LogP contribution in [0.4, 0.5) is 0 Å². The Bertz CT molecular complexity index is 948. The van der Waals surface area contributed by atoms with Crippen molar-refractivity contribution >= 4 is 5.91 Å². The fourth-order valence-corrected chi connectivity index (χ4v) is 3.37. The molecule has 0 radical (unpaired) electrons. The lowest BCUT2D eigenvalue weighted by Gasteiger charge is -2.20. The third-order valence-electron chi connectivity index (χ3n) is 4.77. The number of aryl methyl sites for hydroxylation is 1. The highest BCUT2D eigenvalue weighted by Gasteiger charge is 2.35. The fourth-order valence-electron chi connectivity index (χ4n) is 3.37. The molecule has 8 heteroatoms. The van der Waals surface area contributed by atoms with Crippen LogP contribution in [0.15, 0.2) is 41.1 Å². The SMILES string of the molecule is CCn1ccc(C(=O)N2CCC[C@H]2c2nc(-c3ccccc3OC)no2)n1. The van der Waals surface area contributed by atoms with Gasteiger partial charge in [-0.05, 0) is 38.0 Å². The molecule has 0 aliphatic carbocycles. The minimum atomic E-state index is -0.236. The number of ether oxygens (including phenoxy) is 1. The van der Waals surface area contributed by atoms with Crippen LogP contribution < -0.4 is 4.74 Å². The van der Waals surface area contributed by atoms with Crippen LogP contribution in [0.25, 0.3) is 11.4 Å². The summed E-state index contributed by atoms with van der Waals surface area (Å²) < 4.78 is 12.6. The van der Waals surface area contributed by atoms with Gasteiger partial charge >= 0.3 is 0 Å². The number of amides is 1. The van der Waals surface area contributed by atoms with E-state index in [0.29, 0.717) is 29.7 Å². The number of nitrogens with zero attached hydrogens (tertiary/aromatic N) is 5. The van der Waals surface area contributed by atoms with Gasteiger partial charge in [0.25, 0.3) is 5.91 Å². The molecule has 0 N–H and O–H groups in total. The first kappa shape index (κ1) is 17.3. The Balaban J connectivity index is 1.59. The number of rotatable bonds is 5. The first-order valence-electron chi connectivity index (χ1n) is 9.02. The molecule has 3 aromatic rings. The highest BCUT2D eigenvalue weighted by Crippen LogP contribution is 2.34. The van der Waals surface area contributed by atoms with E-state index in [-0.39, 0.29) is 11.9 Å². The molecule has 2 aromatic heterocycles. The van der Waals surface area contributed by atoms with Crippen LogP contribution in [0.3, 0.4) is 0 Å². The molecule has 4 rings (SSSR count). The van der Waals surface area contributed by atoms with Crippen molar-refractivity contribution in [1.29, 1.82) is 0 Å². The van der Waals surface area contributed by atoms with Gasteiger partial charge in [0.15, 0.2) is 0 Å². The minimum absolute atomic E-state index is 0.109. The van der Waals surface area contributed by atoms with Crippen molar-refractivity contribution < 1.29 is 14.1 Å². The van der Waals surface area contributed by atoms with Crippen molar-refractivity contribution in [2.75, 3.05) is 13.7 Å². The molecule has 140 valence electrons. The zero-order valence-corrected chi connectivity index (χ0v) is 15.3. The first-order chi connectivity index (χ1) is 13.2. The smallest absolute Gasteiger partial charge is 0.275 e. The van der Waals surface area contributed by atoms with Gasteiger partial charge in [-0.15, -0.1) is 0 Å². The molecule has 3 heterocycles. The Morgan fingerprint density at radius 1 is 1.33 bits per heavy atom. The van der Waals surface area contributed by atoms with Gasteiger partial charge in [0.2, 0.25) is 11.7 Å². The molecule has 0 saturated carbocycles. The molecule has 0 unspecified atom stereocenters. The van der Waals surface area contributed by atoms with Crippen LogP contribution >= 0.6 is 0 Å². The second-order valence-corrected chi connectivity index (χ2v) is 6.37. The van der Waals surface area contributed by atoms with E-state index in [9.17, 15) is 4.79 Å². The summed E-state index contributed by atoms with van der Waals surface area (Å²) >= 11 is 0. The van der Waals surface area contributed by atoms with Crippen molar-refractivity contribution in [3.05, 3.63) is 48.1 Å². The lowest BCUT2D eigenvalue weighted by Crippen LogP contribution is -2.31. The molecular formula is C19H21N5O3. The Morgan fingerprint density at radius 2 is 2.19 bits per heavy atom. The number of aromatic nitrogens is 4. The molecule has 1 fully saturated rings. The molecular weight excluding hydrogens is 346 g/mol. The van der Waals surface area contributed by atoms with E-state index >= 15 is 0 Å². The lowest BCUT2D eigenvalue weighted by molar-refractivity contribution is 0.0703. The summed E-state index contributed by atoms with van der Waals surface area (Å²) in [5, 5.41) is 8.42.